The average Bonchev–Trinajstić information content (AvgIpc) is 3.07. The number of urea groups is 1. The summed E-state index contributed by atoms with van der Waals surface area (Å²) in [5.74, 6) is -0.264. The van der Waals surface area contributed by atoms with Gasteiger partial charge in [0.2, 0.25) is 0 Å². The van der Waals surface area contributed by atoms with E-state index in [0.717, 1.165) is 18.2 Å². The number of amides is 2. The molecule has 26 heavy (non-hydrogen) atoms. The van der Waals surface area contributed by atoms with Crippen LogP contribution in [0.3, 0.4) is 0 Å². The molecule has 1 aliphatic rings. The molecule has 0 spiro atoms. The van der Waals surface area contributed by atoms with Crippen molar-refractivity contribution in [2.45, 2.75) is 4.90 Å². The normalized spacial score (nSPS) is 14.0. The SMILES string of the molecule is O=Nc1cc(N=O)cc(OS(=O)(=O)c2ccc(N3CCNC3=O)cc2)c1. The highest BCUT2D eigenvalue weighted by Crippen LogP contribution is 2.30. The largest absolute Gasteiger partial charge is 0.379 e. The fourth-order valence-electron chi connectivity index (χ4n) is 2.41. The van der Waals surface area contributed by atoms with Gasteiger partial charge in [0, 0.05) is 30.9 Å². The number of benzene rings is 2. The van der Waals surface area contributed by atoms with Gasteiger partial charge in [-0.1, -0.05) is 0 Å². The van der Waals surface area contributed by atoms with E-state index in [0.29, 0.717) is 18.8 Å². The van der Waals surface area contributed by atoms with Crippen molar-refractivity contribution in [2.24, 2.45) is 10.4 Å². The van der Waals surface area contributed by atoms with Crippen LogP contribution in [0.4, 0.5) is 21.9 Å². The third-order valence-electron chi connectivity index (χ3n) is 3.59. The Balaban J connectivity index is 1.85. The van der Waals surface area contributed by atoms with Crippen molar-refractivity contribution < 1.29 is 17.4 Å². The van der Waals surface area contributed by atoms with Crippen molar-refractivity contribution in [1.82, 2.24) is 5.32 Å². The Kier molecular flexibility index (Phi) is 4.63. The molecule has 3 rings (SSSR count). The van der Waals surface area contributed by atoms with Gasteiger partial charge in [-0.15, -0.1) is 9.81 Å². The van der Waals surface area contributed by atoms with Gasteiger partial charge in [0.25, 0.3) is 0 Å². The Bertz CT molecular complexity index is 948. The van der Waals surface area contributed by atoms with Gasteiger partial charge in [-0.3, -0.25) is 4.90 Å². The van der Waals surface area contributed by atoms with E-state index in [1.807, 2.05) is 0 Å². The van der Waals surface area contributed by atoms with Crippen LogP contribution in [0.15, 0.2) is 57.7 Å². The van der Waals surface area contributed by atoms with E-state index in [-0.39, 0.29) is 28.1 Å². The van der Waals surface area contributed by atoms with E-state index in [2.05, 4.69) is 15.7 Å². The number of nitrogens with zero attached hydrogens (tertiary/aromatic N) is 3. The molecular weight excluding hydrogens is 364 g/mol. The van der Waals surface area contributed by atoms with E-state index in [9.17, 15) is 23.0 Å². The van der Waals surface area contributed by atoms with E-state index < -0.39 is 10.1 Å². The summed E-state index contributed by atoms with van der Waals surface area (Å²) in [6, 6.07) is 8.50. The second kappa shape index (κ2) is 6.88. The van der Waals surface area contributed by atoms with Crippen molar-refractivity contribution in [3.63, 3.8) is 0 Å². The molecule has 0 unspecified atom stereocenters. The molecular formula is C15H12N4O6S. The number of nitrogens with one attached hydrogen (secondary N) is 1. The van der Waals surface area contributed by atoms with Gasteiger partial charge in [0.05, 0.1) is 0 Å². The second-order valence-electron chi connectivity index (χ2n) is 5.28. The highest BCUT2D eigenvalue weighted by molar-refractivity contribution is 7.87. The third-order valence-corrected chi connectivity index (χ3v) is 4.85. The first-order valence-electron chi connectivity index (χ1n) is 7.35. The first-order valence-corrected chi connectivity index (χ1v) is 8.75. The van der Waals surface area contributed by atoms with Crippen LogP contribution in [0.5, 0.6) is 5.75 Å². The lowest BCUT2D eigenvalue weighted by molar-refractivity contribution is 0.252. The molecule has 1 N–H and O–H groups in total. The van der Waals surface area contributed by atoms with Gasteiger partial charge in [-0.2, -0.15) is 8.42 Å². The van der Waals surface area contributed by atoms with Gasteiger partial charge in [-0.25, -0.2) is 4.79 Å². The zero-order chi connectivity index (χ0) is 18.7. The number of carbonyl (C=O) groups excluding carboxylic acids is 1. The average molecular weight is 376 g/mol. The maximum Gasteiger partial charge on any atom is 0.339 e. The van der Waals surface area contributed by atoms with Crippen molar-refractivity contribution in [3.8, 4) is 5.75 Å². The Morgan fingerprint density at radius 3 is 2.12 bits per heavy atom. The number of anilines is 1. The molecule has 2 aromatic rings. The maximum absolute atomic E-state index is 12.4. The van der Waals surface area contributed by atoms with Crippen molar-refractivity contribution >= 4 is 33.2 Å². The topological polar surface area (TPSA) is 135 Å². The number of rotatable bonds is 6. The quantitative estimate of drug-likeness (QED) is 0.608. The lowest BCUT2D eigenvalue weighted by atomic mass is 10.3. The van der Waals surface area contributed by atoms with Crippen LogP contribution >= 0.6 is 0 Å². The summed E-state index contributed by atoms with van der Waals surface area (Å²) < 4.78 is 29.7. The minimum absolute atomic E-state index is 0.161. The number of hydrogen-bond acceptors (Lipinski definition) is 8. The van der Waals surface area contributed by atoms with E-state index >= 15 is 0 Å². The molecule has 0 saturated carbocycles. The highest BCUT2D eigenvalue weighted by atomic mass is 32.2. The van der Waals surface area contributed by atoms with E-state index in [1.165, 1.54) is 29.2 Å². The van der Waals surface area contributed by atoms with E-state index in [1.54, 1.807) is 0 Å². The molecule has 1 aliphatic heterocycles. The summed E-state index contributed by atoms with van der Waals surface area (Å²) in [7, 11) is -4.22. The first-order chi connectivity index (χ1) is 12.4. The summed E-state index contributed by atoms with van der Waals surface area (Å²) in [5.41, 5.74) is 0.156. The number of hydrogen-bond donors (Lipinski definition) is 1. The smallest absolute Gasteiger partial charge is 0.339 e. The van der Waals surface area contributed by atoms with Crippen LogP contribution in [-0.4, -0.2) is 27.5 Å². The van der Waals surface area contributed by atoms with Crippen LogP contribution in [0, 0.1) is 9.81 Å². The predicted octanol–water partition coefficient (Wildman–Crippen LogP) is 2.78. The summed E-state index contributed by atoms with van der Waals surface area (Å²) in [4.78, 5) is 34.2. The molecule has 1 heterocycles. The third kappa shape index (κ3) is 3.52. The summed E-state index contributed by atoms with van der Waals surface area (Å²) in [6.45, 7) is 0.991. The molecule has 1 fully saturated rings. The monoisotopic (exact) mass is 376 g/mol. The lowest BCUT2D eigenvalue weighted by Crippen LogP contribution is -2.27. The zero-order valence-corrected chi connectivity index (χ0v) is 14.0. The zero-order valence-electron chi connectivity index (χ0n) is 13.2. The van der Waals surface area contributed by atoms with Crippen LogP contribution in [0.25, 0.3) is 0 Å². The molecule has 11 heteroatoms. The fourth-order valence-corrected chi connectivity index (χ4v) is 3.32. The Morgan fingerprint density at radius 2 is 1.62 bits per heavy atom. The van der Waals surface area contributed by atoms with Crippen LogP contribution in [0.1, 0.15) is 0 Å². The molecule has 10 nitrogen and oxygen atoms in total. The van der Waals surface area contributed by atoms with Gasteiger partial charge < -0.3 is 9.50 Å². The first kappa shape index (κ1) is 17.5. The molecule has 1 saturated heterocycles. The molecule has 0 aromatic heterocycles. The summed E-state index contributed by atoms with van der Waals surface area (Å²) >= 11 is 0. The van der Waals surface area contributed by atoms with Gasteiger partial charge in [0.1, 0.15) is 22.0 Å². The molecule has 2 amide bonds. The maximum atomic E-state index is 12.4. The lowest BCUT2D eigenvalue weighted by Gasteiger charge is -2.14. The Morgan fingerprint density at radius 1 is 1.00 bits per heavy atom. The summed E-state index contributed by atoms with van der Waals surface area (Å²) in [5, 5.41) is 7.92. The molecule has 134 valence electrons. The molecule has 0 radical (unpaired) electrons. The predicted molar refractivity (Wildman–Crippen MR) is 92.4 cm³/mol. The molecule has 0 aliphatic carbocycles. The Hall–Kier alpha value is -3.34. The number of nitroso groups, excluding NO2 is 2. The van der Waals surface area contributed by atoms with Gasteiger partial charge in [0.15, 0.2) is 0 Å². The second-order valence-corrected chi connectivity index (χ2v) is 6.83. The minimum atomic E-state index is -4.22. The van der Waals surface area contributed by atoms with E-state index in [4.69, 9.17) is 4.18 Å². The van der Waals surface area contributed by atoms with Crippen LogP contribution < -0.4 is 14.4 Å². The van der Waals surface area contributed by atoms with Crippen molar-refractivity contribution in [2.75, 3.05) is 18.0 Å². The molecule has 0 bridgehead atoms. The minimum Gasteiger partial charge on any atom is -0.379 e. The summed E-state index contributed by atoms with van der Waals surface area (Å²) in [6.07, 6.45) is 0. The van der Waals surface area contributed by atoms with Crippen molar-refractivity contribution in [1.29, 1.82) is 0 Å². The van der Waals surface area contributed by atoms with Gasteiger partial charge >= 0.3 is 16.1 Å². The van der Waals surface area contributed by atoms with Crippen LogP contribution in [-0.2, 0) is 10.1 Å². The van der Waals surface area contributed by atoms with Crippen molar-refractivity contribution in [3.05, 3.63) is 52.3 Å². The Labute approximate surface area is 147 Å². The standard InChI is InChI=1S/C15H12N4O6S/c20-15-16-5-6-19(15)12-1-3-14(4-2-12)26(23,24)25-13-8-10(17-21)7-11(9-13)18-22/h1-4,7-9H,5-6H2,(H,16,20). The fraction of sp³-hybridized carbons (Fsp3) is 0.133. The highest BCUT2D eigenvalue weighted by Gasteiger charge is 2.23. The molecule has 2 aromatic carbocycles. The van der Waals surface area contributed by atoms with Crippen LogP contribution in [0.2, 0.25) is 0 Å². The molecule has 0 atom stereocenters. The number of carbonyl (C=O) groups is 1. The van der Waals surface area contributed by atoms with Gasteiger partial charge in [-0.05, 0) is 40.7 Å².